The van der Waals surface area contributed by atoms with Gasteiger partial charge in [-0.1, -0.05) is 56.4 Å². The lowest BCUT2D eigenvalue weighted by Crippen LogP contribution is -2.48. The quantitative estimate of drug-likeness (QED) is 0.233. The van der Waals surface area contributed by atoms with Crippen molar-refractivity contribution >= 4 is 22.4 Å². The van der Waals surface area contributed by atoms with Gasteiger partial charge in [0.15, 0.2) is 5.13 Å². The molecule has 0 saturated heterocycles. The zero-order valence-electron chi connectivity index (χ0n) is 23.3. The molecule has 9 heteroatoms. The van der Waals surface area contributed by atoms with Gasteiger partial charge in [-0.3, -0.25) is 4.79 Å². The van der Waals surface area contributed by atoms with Crippen molar-refractivity contribution < 1.29 is 18.7 Å². The van der Waals surface area contributed by atoms with E-state index in [1.54, 1.807) is 6.92 Å². The predicted molar refractivity (Wildman–Crippen MR) is 154 cm³/mol. The molecule has 0 aliphatic carbocycles. The number of carbonyl (C=O) groups is 1. The van der Waals surface area contributed by atoms with Gasteiger partial charge in [-0.15, -0.1) is 0 Å². The molecule has 3 N–H and O–H groups in total. The Kier molecular flexibility index (Phi) is 11.8. The number of aromatic nitrogens is 1. The molecule has 212 valence electrons. The number of hydrogen-bond acceptors (Lipinski definition) is 6. The Morgan fingerprint density at radius 2 is 1.69 bits per heavy atom. The Hall–Kier alpha value is -2.88. The van der Waals surface area contributed by atoms with E-state index in [2.05, 4.69) is 53.4 Å². The Labute approximate surface area is 234 Å². The highest BCUT2D eigenvalue weighted by Gasteiger charge is 2.26. The highest BCUT2D eigenvalue weighted by Crippen LogP contribution is 2.27. The molecule has 1 heterocycles. The van der Waals surface area contributed by atoms with E-state index in [-0.39, 0.29) is 18.9 Å². The summed E-state index contributed by atoms with van der Waals surface area (Å²) >= 11 is 1.32. The summed E-state index contributed by atoms with van der Waals surface area (Å²) in [6.45, 7) is 10.5. The van der Waals surface area contributed by atoms with Gasteiger partial charge >= 0.3 is 0 Å². The highest BCUT2D eigenvalue weighted by atomic mass is 32.1. The largest absolute Gasteiger partial charge is 0.390 e. The van der Waals surface area contributed by atoms with E-state index in [0.717, 1.165) is 49.1 Å². The topological polar surface area (TPSA) is 77.5 Å². The van der Waals surface area contributed by atoms with Gasteiger partial charge in [0.1, 0.15) is 16.5 Å². The number of rotatable bonds is 15. The zero-order valence-corrected chi connectivity index (χ0v) is 24.1. The summed E-state index contributed by atoms with van der Waals surface area (Å²) in [6, 6.07) is 10.7. The second-order valence-corrected chi connectivity index (χ2v) is 10.8. The van der Waals surface area contributed by atoms with E-state index in [1.807, 2.05) is 12.1 Å². The maximum Gasteiger partial charge on any atom is 0.263 e. The van der Waals surface area contributed by atoms with Crippen LogP contribution in [0.5, 0.6) is 0 Å². The van der Waals surface area contributed by atoms with Crippen LogP contribution >= 0.6 is 11.3 Å². The smallest absolute Gasteiger partial charge is 0.263 e. The van der Waals surface area contributed by atoms with Crippen molar-refractivity contribution in [3.05, 3.63) is 81.4 Å². The van der Waals surface area contributed by atoms with Gasteiger partial charge in [0.2, 0.25) is 0 Å². The minimum Gasteiger partial charge on any atom is -0.390 e. The molecular weight excluding hydrogens is 518 g/mol. The van der Waals surface area contributed by atoms with E-state index in [0.29, 0.717) is 22.7 Å². The number of aliphatic hydroxyl groups is 1. The molecule has 39 heavy (non-hydrogen) atoms. The van der Waals surface area contributed by atoms with Gasteiger partial charge in [-0.2, -0.15) is 0 Å². The molecule has 0 radical (unpaired) electrons. The van der Waals surface area contributed by atoms with Crippen molar-refractivity contribution in [3.63, 3.8) is 0 Å². The fourth-order valence-electron chi connectivity index (χ4n) is 4.54. The number of aliphatic hydroxyl groups excluding tert-OH is 1. The number of thiazole rings is 1. The van der Waals surface area contributed by atoms with Crippen molar-refractivity contribution in [2.24, 2.45) is 0 Å². The molecule has 0 bridgehead atoms. The number of benzene rings is 2. The van der Waals surface area contributed by atoms with E-state index in [9.17, 15) is 18.7 Å². The standard InChI is InChI=1S/C30H40F2N4O2S/c1-5-11-36(12-6-2)30-34-20(4)28(39-30)29(38)35-26(16-23-14-24(31)17-25(32)15-23)27(37)19-33-18-22-10-8-9-21(7-3)13-22/h8-10,13-15,17,26-27,33,37H,5-7,11-12,16,18-19H2,1-4H3,(H,35,38)/t26-,27+/m0/s1. The van der Waals surface area contributed by atoms with Crippen molar-refractivity contribution in [1.82, 2.24) is 15.6 Å². The zero-order chi connectivity index (χ0) is 28.4. The van der Waals surface area contributed by atoms with Crippen molar-refractivity contribution in [2.45, 2.75) is 72.1 Å². The van der Waals surface area contributed by atoms with Crippen LogP contribution in [-0.4, -0.2) is 47.8 Å². The maximum absolute atomic E-state index is 13.9. The summed E-state index contributed by atoms with van der Waals surface area (Å²) in [4.78, 5) is 20.7. The third-order valence-electron chi connectivity index (χ3n) is 6.49. The summed E-state index contributed by atoms with van der Waals surface area (Å²) in [6.07, 6.45) is 1.93. The Morgan fingerprint density at radius 1 is 1.03 bits per heavy atom. The maximum atomic E-state index is 13.9. The fourth-order valence-corrected chi connectivity index (χ4v) is 5.56. The first-order valence-corrected chi connectivity index (χ1v) is 14.5. The van der Waals surface area contributed by atoms with Gasteiger partial charge in [-0.05, 0) is 61.4 Å². The first-order chi connectivity index (χ1) is 18.7. The number of amides is 1. The van der Waals surface area contributed by atoms with Crippen LogP contribution in [-0.2, 0) is 19.4 Å². The van der Waals surface area contributed by atoms with Crippen LogP contribution in [0, 0.1) is 18.6 Å². The molecule has 2 atom stereocenters. The van der Waals surface area contributed by atoms with Crippen LogP contribution in [0.4, 0.5) is 13.9 Å². The number of nitrogens with zero attached hydrogens (tertiary/aromatic N) is 2. The van der Waals surface area contributed by atoms with Gasteiger partial charge in [0, 0.05) is 32.2 Å². The normalized spacial score (nSPS) is 12.8. The summed E-state index contributed by atoms with van der Waals surface area (Å²) in [5, 5.41) is 18.1. The van der Waals surface area contributed by atoms with Gasteiger partial charge in [-0.25, -0.2) is 13.8 Å². The number of carbonyl (C=O) groups excluding carboxylic acids is 1. The van der Waals surface area contributed by atoms with Crippen LogP contribution in [0.15, 0.2) is 42.5 Å². The van der Waals surface area contributed by atoms with Crippen LogP contribution in [0.25, 0.3) is 0 Å². The highest BCUT2D eigenvalue weighted by molar-refractivity contribution is 7.17. The summed E-state index contributed by atoms with van der Waals surface area (Å²) < 4.78 is 27.8. The van der Waals surface area contributed by atoms with Crippen molar-refractivity contribution in [2.75, 3.05) is 24.5 Å². The lowest BCUT2D eigenvalue weighted by Gasteiger charge is -2.25. The third-order valence-corrected chi connectivity index (χ3v) is 7.71. The summed E-state index contributed by atoms with van der Waals surface area (Å²) in [5.41, 5.74) is 3.28. The average molecular weight is 559 g/mol. The van der Waals surface area contributed by atoms with Crippen LogP contribution in [0.3, 0.4) is 0 Å². The Bertz CT molecular complexity index is 1190. The molecule has 1 aromatic heterocycles. The van der Waals surface area contributed by atoms with Gasteiger partial charge in [0.25, 0.3) is 5.91 Å². The third kappa shape index (κ3) is 9.08. The lowest BCUT2D eigenvalue weighted by molar-refractivity contribution is 0.0833. The second-order valence-electron chi connectivity index (χ2n) is 9.83. The molecular formula is C30H40F2N4O2S. The first-order valence-electron chi connectivity index (χ1n) is 13.7. The van der Waals surface area contributed by atoms with Crippen LogP contribution < -0.4 is 15.5 Å². The van der Waals surface area contributed by atoms with E-state index >= 15 is 0 Å². The molecule has 0 aliphatic rings. The number of aryl methyl sites for hydroxylation is 2. The number of anilines is 1. The predicted octanol–water partition coefficient (Wildman–Crippen LogP) is 5.41. The molecule has 0 spiro atoms. The SMILES string of the molecule is CCCN(CCC)c1nc(C)c(C(=O)N[C@@H](Cc2cc(F)cc(F)c2)[C@H](O)CNCc2cccc(CC)c2)s1. The molecule has 0 saturated carbocycles. The van der Waals surface area contributed by atoms with Gasteiger partial charge in [0.05, 0.1) is 17.8 Å². The minimum atomic E-state index is -1.00. The second kappa shape index (κ2) is 15.1. The van der Waals surface area contributed by atoms with E-state index < -0.39 is 23.8 Å². The molecule has 0 unspecified atom stereocenters. The monoisotopic (exact) mass is 558 g/mol. The molecule has 3 rings (SSSR count). The van der Waals surface area contributed by atoms with Crippen molar-refractivity contribution in [3.8, 4) is 0 Å². The molecule has 0 fully saturated rings. The van der Waals surface area contributed by atoms with Crippen molar-refractivity contribution in [1.29, 1.82) is 0 Å². The molecule has 2 aromatic carbocycles. The minimum absolute atomic E-state index is 0.0666. The van der Waals surface area contributed by atoms with E-state index in [4.69, 9.17) is 0 Å². The number of hydrogen-bond donors (Lipinski definition) is 3. The lowest BCUT2D eigenvalue weighted by atomic mass is 10.00. The molecule has 1 amide bonds. The molecule has 3 aromatic rings. The average Bonchev–Trinajstić information content (AvgIpc) is 3.29. The molecule has 6 nitrogen and oxygen atoms in total. The number of nitrogens with one attached hydrogen (secondary N) is 2. The number of halogens is 2. The Balaban J connectivity index is 1.76. The molecule has 0 aliphatic heterocycles. The summed E-state index contributed by atoms with van der Waals surface area (Å²) in [7, 11) is 0. The van der Waals surface area contributed by atoms with Crippen LogP contribution in [0.2, 0.25) is 0 Å². The van der Waals surface area contributed by atoms with Crippen LogP contribution in [0.1, 0.15) is 65.7 Å². The summed E-state index contributed by atoms with van der Waals surface area (Å²) in [5.74, 6) is -1.76. The Morgan fingerprint density at radius 3 is 2.33 bits per heavy atom. The van der Waals surface area contributed by atoms with E-state index in [1.165, 1.54) is 29.0 Å². The first kappa shape index (κ1) is 30.7. The van der Waals surface area contributed by atoms with Gasteiger partial charge < -0.3 is 20.6 Å². The fraction of sp³-hybridized carbons (Fsp3) is 0.467.